The van der Waals surface area contributed by atoms with E-state index in [-0.39, 0.29) is 23.9 Å². The van der Waals surface area contributed by atoms with E-state index < -0.39 is 10.9 Å². The fourth-order valence-corrected chi connectivity index (χ4v) is 6.44. The topological polar surface area (TPSA) is 94.2 Å². The lowest BCUT2D eigenvalue weighted by Crippen LogP contribution is -2.34. The number of nitrogens with two attached hydrogens (primary N) is 1. The van der Waals surface area contributed by atoms with Crippen molar-refractivity contribution in [3.63, 3.8) is 0 Å². The highest BCUT2D eigenvalue weighted by molar-refractivity contribution is 7.85. The largest absolute Gasteiger partial charge is 0.491 e. The molecule has 0 saturated carbocycles. The van der Waals surface area contributed by atoms with E-state index in [2.05, 4.69) is 60.5 Å². The molecule has 0 saturated heterocycles. The number of benzene rings is 2. The van der Waals surface area contributed by atoms with Gasteiger partial charge in [0.2, 0.25) is 0 Å². The van der Waals surface area contributed by atoms with Crippen LogP contribution >= 0.6 is 0 Å². The molecule has 43 heavy (non-hydrogen) atoms. The fraction of sp³-hybridized carbons (Fsp3) is 0.486. The lowest BCUT2D eigenvalue weighted by atomic mass is 9.94. The smallest absolute Gasteiger partial charge is 0.303 e. The van der Waals surface area contributed by atoms with Crippen LogP contribution in [0.15, 0.2) is 72.1 Å². The van der Waals surface area contributed by atoms with E-state index >= 15 is 0 Å². The van der Waals surface area contributed by atoms with Crippen molar-refractivity contribution < 1.29 is 19.1 Å². The first kappa shape index (κ1) is 34.3. The van der Waals surface area contributed by atoms with Crippen LogP contribution in [0.2, 0.25) is 0 Å². The molecule has 4 atom stereocenters. The fourth-order valence-electron chi connectivity index (χ4n) is 5.57. The van der Waals surface area contributed by atoms with E-state index in [1.54, 1.807) is 12.1 Å². The van der Waals surface area contributed by atoms with Crippen LogP contribution in [0.4, 0.5) is 5.69 Å². The average molecular weight is 608 g/mol. The lowest BCUT2D eigenvalue weighted by molar-refractivity contribution is -0.146. The number of allylic oxidation sites excluding steroid dienone is 1. The zero-order valence-electron chi connectivity index (χ0n) is 26.1. The minimum Gasteiger partial charge on any atom is -0.491 e. The van der Waals surface area contributed by atoms with Crippen molar-refractivity contribution >= 4 is 28.4 Å². The zero-order valence-corrected chi connectivity index (χ0v) is 27.0. The highest BCUT2D eigenvalue weighted by Gasteiger charge is 2.27. The van der Waals surface area contributed by atoms with Gasteiger partial charge in [-0.05, 0) is 86.5 Å². The molecule has 1 aliphatic rings. The average Bonchev–Trinajstić information content (AvgIpc) is 3.15. The Kier molecular flexibility index (Phi) is 14.2. The van der Waals surface area contributed by atoms with Crippen molar-refractivity contribution in [2.75, 3.05) is 30.3 Å². The van der Waals surface area contributed by atoms with Crippen LogP contribution in [0, 0.1) is 18.8 Å². The number of anilines is 1. The van der Waals surface area contributed by atoms with Crippen LogP contribution in [0.5, 0.6) is 5.75 Å². The molecule has 0 fully saturated rings. The Morgan fingerprint density at radius 2 is 2.05 bits per heavy atom. The molecule has 3 rings (SSSR count). The summed E-state index contributed by atoms with van der Waals surface area (Å²) in [7, 11) is -0.833. The van der Waals surface area contributed by atoms with Crippen LogP contribution < -0.4 is 14.8 Å². The Labute approximate surface area is 260 Å². The number of esters is 1. The van der Waals surface area contributed by atoms with Gasteiger partial charge in [0.05, 0.1) is 12.3 Å². The molecule has 7 nitrogen and oxygen atoms in total. The van der Waals surface area contributed by atoms with Crippen LogP contribution in [0.1, 0.15) is 73.9 Å². The summed E-state index contributed by atoms with van der Waals surface area (Å²) in [6, 6.07) is 14.3. The Bertz CT molecular complexity index is 1280. The molecular formula is C35H49N3O4S. The molecule has 1 amide bonds. The van der Waals surface area contributed by atoms with Gasteiger partial charge >= 0.3 is 5.97 Å². The third-order valence-electron chi connectivity index (χ3n) is 7.92. The van der Waals surface area contributed by atoms with Gasteiger partial charge < -0.3 is 14.4 Å². The molecule has 0 spiro atoms. The van der Waals surface area contributed by atoms with Gasteiger partial charge in [-0.3, -0.25) is 14.7 Å². The van der Waals surface area contributed by atoms with Crippen molar-refractivity contribution in [2.24, 2.45) is 21.3 Å². The molecule has 234 valence electrons. The summed E-state index contributed by atoms with van der Waals surface area (Å²) in [6.07, 6.45) is 9.71. The lowest BCUT2D eigenvalue weighted by Gasteiger charge is -2.30. The van der Waals surface area contributed by atoms with Crippen LogP contribution in [-0.4, -0.2) is 43.4 Å². The van der Waals surface area contributed by atoms with E-state index in [4.69, 9.17) is 14.6 Å². The normalized spacial score (nSPS) is 16.7. The van der Waals surface area contributed by atoms with Crippen LogP contribution in [0.3, 0.4) is 0 Å². The molecule has 1 heterocycles. The Morgan fingerprint density at radius 1 is 1.23 bits per heavy atom. The maximum atomic E-state index is 13.1. The molecule has 2 aromatic carbocycles. The van der Waals surface area contributed by atoms with E-state index in [1.165, 1.54) is 18.1 Å². The van der Waals surface area contributed by atoms with Crippen molar-refractivity contribution in [3.8, 4) is 5.75 Å². The second-order valence-corrected chi connectivity index (χ2v) is 12.8. The first-order chi connectivity index (χ1) is 20.7. The Morgan fingerprint density at radius 3 is 2.74 bits per heavy atom. The third kappa shape index (κ3) is 11.1. The van der Waals surface area contributed by atoms with Gasteiger partial charge in [-0.15, -0.1) is 6.58 Å². The summed E-state index contributed by atoms with van der Waals surface area (Å²) in [6.45, 7) is 15.5. The van der Waals surface area contributed by atoms with Gasteiger partial charge in [0.1, 0.15) is 11.9 Å². The minimum absolute atomic E-state index is 0.128. The second kappa shape index (κ2) is 17.8. The van der Waals surface area contributed by atoms with Crippen molar-refractivity contribution in [1.82, 2.24) is 0 Å². The molecule has 8 heteroatoms. The summed E-state index contributed by atoms with van der Waals surface area (Å²) in [4.78, 5) is 27.1. The summed E-state index contributed by atoms with van der Waals surface area (Å²) in [5.74, 6) is 1.27. The number of hydrogen-bond acceptors (Lipinski definition) is 5. The standard InChI is InChI=1S/C35H49N3O4S/c1-6-9-10-21-43(36)37-35(40)31-17-18-34-32(23-31)38(20-19-30(7-2)33(8-3)42-27(5)39)24-29(25-41-34)16-12-15-28-14-11-13-26(4)22-28/h6,8,11,13-14,17-18,22-23,29-30,33H,1,3,7,9-10,12,15-16,19-21,24-25H2,2,4-5H3,(H2,36,37,40)/t29?,30-,33+,43?/m1/s1. The highest BCUT2D eigenvalue weighted by Crippen LogP contribution is 2.35. The number of rotatable bonds is 16. The van der Waals surface area contributed by atoms with E-state index in [1.807, 2.05) is 18.2 Å². The Hall–Kier alpha value is -3.23. The number of hydrogen-bond donors (Lipinski definition) is 1. The first-order valence-corrected chi connectivity index (χ1v) is 16.8. The predicted molar refractivity (Wildman–Crippen MR) is 179 cm³/mol. The van der Waals surface area contributed by atoms with Gasteiger partial charge in [0.15, 0.2) is 0 Å². The quantitative estimate of drug-likeness (QED) is 0.124. The number of fused-ring (bicyclic) bond motifs is 1. The summed E-state index contributed by atoms with van der Waals surface area (Å²) < 4.78 is 16.2. The molecule has 2 unspecified atom stereocenters. The van der Waals surface area contributed by atoms with Gasteiger partial charge in [-0.1, -0.05) is 55.5 Å². The maximum Gasteiger partial charge on any atom is 0.303 e. The predicted octanol–water partition coefficient (Wildman–Crippen LogP) is 7.15. The van der Waals surface area contributed by atoms with Crippen molar-refractivity contribution in [3.05, 3.63) is 84.5 Å². The molecule has 0 aromatic heterocycles. The molecule has 2 N–H and O–H groups in total. The molecular weight excluding hydrogens is 558 g/mol. The Balaban J connectivity index is 1.81. The molecule has 0 radical (unpaired) electrons. The second-order valence-electron chi connectivity index (χ2n) is 11.4. The van der Waals surface area contributed by atoms with Crippen LogP contribution in [-0.2, 0) is 26.8 Å². The van der Waals surface area contributed by atoms with Gasteiger partial charge in [0.25, 0.3) is 5.91 Å². The zero-order chi connectivity index (χ0) is 31.2. The van der Waals surface area contributed by atoms with E-state index in [0.29, 0.717) is 23.8 Å². The van der Waals surface area contributed by atoms with Gasteiger partial charge in [-0.25, -0.2) is 0 Å². The number of aryl methyl sites for hydroxylation is 2. The van der Waals surface area contributed by atoms with Gasteiger partial charge in [-0.2, -0.15) is 4.36 Å². The summed E-state index contributed by atoms with van der Waals surface area (Å²) >= 11 is 0. The maximum absolute atomic E-state index is 13.1. The monoisotopic (exact) mass is 607 g/mol. The van der Waals surface area contributed by atoms with Gasteiger partial charge in [0, 0.05) is 43.2 Å². The van der Waals surface area contributed by atoms with Crippen LogP contribution in [0.25, 0.3) is 0 Å². The minimum atomic E-state index is -0.833. The SMILES string of the molecule is C=CCCCS(N)=NC(=O)c1ccc2c(c1)N(CC[C@@H](CC)[C@H](C=C)OC(C)=O)CC(CCCc1cccc(C)c1)CO2. The van der Waals surface area contributed by atoms with E-state index in [9.17, 15) is 9.59 Å². The third-order valence-corrected chi connectivity index (χ3v) is 9.02. The molecule has 0 bridgehead atoms. The van der Waals surface area contributed by atoms with Crippen molar-refractivity contribution in [1.29, 1.82) is 0 Å². The molecule has 1 aliphatic heterocycles. The molecule has 0 aliphatic carbocycles. The number of unbranched alkanes of at least 4 members (excludes halogenated alkanes) is 1. The first-order valence-electron chi connectivity index (χ1n) is 15.4. The number of carbonyl (C=O) groups excluding carboxylic acids is 2. The number of nitrogens with zero attached hydrogens (tertiary/aromatic N) is 2. The summed E-state index contributed by atoms with van der Waals surface area (Å²) in [5.41, 5.74) is 4.04. The molecule has 2 aromatic rings. The summed E-state index contributed by atoms with van der Waals surface area (Å²) in [5, 5.41) is 6.16. The number of ether oxygens (including phenoxy) is 2. The number of carbonyl (C=O) groups is 2. The highest BCUT2D eigenvalue weighted by atomic mass is 32.2. The number of amides is 1. The van der Waals surface area contributed by atoms with E-state index in [0.717, 1.165) is 69.5 Å². The van der Waals surface area contributed by atoms with Crippen molar-refractivity contribution in [2.45, 2.75) is 71.8 Å².